The maximum atomic E-state index is 10.3. The summed E-state index contributed by atoms with van der Waals surface area (Å²) < 4.78 is 5.72. The highest BCUT2D eigenvalue weighted by Gasteiger charge is 2.07. The van der Waals surface area contributed by atoms with Crippen LogP contribution < -0.4 is 10.6 Å². The van der Waals surface area contributed by atoms with E-state index in [0.717, 1.165) is 34.6 Å². The molecule has 2 aromatic carbocycles. The van der Waals surface area contributed by atoms with Crippen LogP contribution in [0.1, 0.15) is 18.4 Å². The van der Waals surface area contributed by atoms with Gasteiger partial charge in [-0.2, -0.15) is 0 Å². The van der Waals surface area contributed by atoms with E-state index in [9.17, 15) is 5.11 Å². The molecule has 6 nitrogen and oxygen atoms in total. The lowest BCUT2D eigenvalue weighted by Gasteiger charge is -2.14. The van der Waals surface area contributed by atoms with Gasteiger partial charge >= 0.3 is 0 Å². The van der Waals surface area contributed by atoms with E-state index in [4.69, 9.17) is 4.74 Å². The minimum absolute atomic E-state index is 0.525. The summed E-state index contributed by atoms with van der Waals surface area (Å²) in [5.41, 5.74) is 4.59. The van der Waals surface area contributed by atoms with Gasteiger partial charge in [-0.1, -0.05) is 36.4 Å². The van der Waals surface area contributed by atoms with Crippen molar-refractivity contribution in [1.29, 1.82) is 0 Å². The van der Waals surface area contributed by atoms with Gasteiger partial charge in [0.25, 0.3) is 0 Å². The van der Waals surface area contributed by atoms with Crippen molar-refractivity contribution in [1.82, 2.24) is 9.97 Å². The molecule has 1 aliphatic rings. The van der Waals surface area contributed by atoms with Crippen LogP contribution in [0, 0.1) is 0 Å². The minimum atomic E-state index is -0.623. The first kappa shape index (κ1) is 19.1. The molecule has 1 unspecified atom stereocenters. The summed E-state index contributed by atoms with van der Waals surface area (Å²) in [5, 5.41) is 16.7. The zero-order valence-corrected chi connectivity index (χ0v) is 16.1. The lowest BCUT2D eigenvalue weighted by molar-refractivity contribution is 0.148. The molecule has 0 spiro atoms. The van der Waals surface area contributed by atoms with Crippen LogP contribution in [0.25, 0.3) is 11.3 Å². The first-order valence-electron chi connectivity index (χ1n) is 9.73. The largest absolute Gasteiger partial charge is 0.374 e. The SMILES string of the molecule is OC1CC/C=C/COCc2cccc(c2)Nc2nccc(n2)-c2cccc(c2)N1. The third kappa shape index (κ3) is 5.40. The van der Waals surface area contributed by atoms with Gasteiger partial charge in [-0.25, -0.2) is 9.97 Å². The zero-order chi connectivity index (χ0) is 19.9. The molecule has 3 N–H and O–H groups in total. The van der Waals surface area contributed by atoms with Crippen molar-refractivity contribution >= 4 is 17.3 Å². The minimum Gasteiger partial charge on any atom is -0.374 e. The van der Waals surface area contributed by atoms with Crippen molar-refractivity contribution in [2.45, 2.75) is 25.7 Å². The number of rotatable bonds is 0. The number of allylic oxidation sites excluding steroid dienone is 1. The van der Waals surface area contributed by atoms with Gasteiger partial charge in [0.1, 0.15) is 6.23 Å². The number of benzene rings is 2. The Morgan fingerprint density at radius 1 is 1.00 bits per heavy atom. The van der Waals surface area contributed by atoms with Gasteiger partial charge in [0.15, 0.2) is 0 Å². The molecule has 0 saturated heterocycles. The average Bonchev–Trinajstić information content (AvgIpc) is 2.73. The summed E-state index contributed by atoms with van der Waals surface area (Å²) in [6.45, 7) is 1.06. The van der Waals surface area contributed by atoms with Crippen LogP contribution in [0.5, 0.6) is 0 Å². The quantitative estimate of drug-likeness (QED) is 0.493. The van der Waals surface area contributed by atoms with E-state index < -0.39 is 6.23 Å². The van der Waals surface area contributed by atoms with E-state index in [2.05, 4.69) is 20.6 Å². The Labute approximate surface area is 170 Å². The second-order valence-electron chi connectivity index (χ2n) is 6.90. The number of ether oxygens (including phenoxy) is 1. The number of nitrogens with one attached hydrogen (secondary N) is 2. The predicted octanol–water partition coefficient (Wildman–Crippen LogP) is 4.48. The molecular weight excluding hydrogens is 364 g/mol. The van der Waals surface area contributed by atoms with Crippen molar-refractivity contribution in [3.05, 3.63) is 78.5 Å². The van der Waals surface area contributed by atoms with Crippen molar-refractivity contribution < 1.29 is 9.84 Å². The molecule has 148 valence electrons. The molecule has 2 heterocycles. The number of anilines is 3. The van der Waals surface area contributed by atoms with Crippen LogP contribution in [-0.4, -0.2) is 27.9 Å². The Morgan fingerprint density at radius 2 is 1.90 bits per heavy atom. The maximum Gasteiger partial charge on any atom is 0.227 e. The van der Waals surface area contributed by atoms with Crippen molar-refractivity contribution in [3.8, 4) is 11.3 Å². The van der Waals surface area contributed by atoms with Gasteiger partial charge in [0.2, 0.25) is 5.95 Å². The van der Waals surface area contributed by atoms with Crippen LogP contribution in [0.4, 0.5) is 17.3 Å². The van der Waals surface area contributed by atoms with E-state index in [-0.39, 0.29) is 0 Å². The molecule has 0 amide bonds. The lowest BCUT2D eigenvalue weighted by Crippen LogP contribution is -2.18. The normalized spacial score (nSPS) is 18.3. The number of nitrogens with zero attached hydrogens (tertiary/aromatic N) is 2. The molecule has 6 bridgehead atoms. The fraction of sp³-hybridized carbons (Fsp3) is 0.217. The summed E-state index contributed by atoms with van der Waals surface area (Å²) >= 11 is 0. The Hall–Kier alpha value is -3.22. The number of fused-ring (bicyclic) bond motifs is 7. The molecule has 0 fully saturated rings. The summed E-state index contributed by atoms with van der Waals surface area (Å²) in [5.74, 6) is 0.528. The standard InChI is InChI=1S/C23H24N4O2/c28-22-10-2-1-3-13-29-16-17-6-4-8-19(14-17)26-23-24-12-11-21(27-23)18-7-5-9-20(15-18)25-22/h1,3-9,11-12,14-15,22,25,28H,2,10,13,16H2,(H,24,26,27)/b3-1+. The second-order valence-corrected chi connectivity index (χ2v) is 6.90. The summed E-state index contributed by atoms with van der Waals surface area (Å²) in [4.78, 5) is 8.98. The molecule has 6 heteroatoms. The molecule has 3 aromatic rings. The number of aromatic nitrogens is 2. The Balaban J connectivity index is 1.64. The second kappa shape index (κ2) is 9.32. The molecule has 1 atom stereocenters. The Kier molecular flexibility index (Phi) is 6.14. The fourth-order valence-corrected chi connectivity index (χ4v) is 3.17. The van der Waals surface area contributed by atoms with Crippen LogP contribution in [0.2, 0.25) is 0 Å². The number of aliphatic hydroxyl groups excluding tert-OH is 1. The van der Waals surface area contributed by atoms with Gasteiger partial charge in [-0.3, -0.25) is 0 Å². The lowest BCUT2D eigenvalue weighted by atomic mass is 10.1. The van der Waals surface area contributed by atoms with Crippen molar-refractivity contribution in [2.75, 3.05) is 17.2 Å². The summed E-state index contributed by atoms with van der Waals surface area (Å²) in [6.07, 6.45) is 6.52. The van der Waals surface area contributed by atoms with Gasteiger partial charge < -0.3 is 20.5 Å². The van der Waals surface area contributed by atoms with Crippen LogP contribution >= 0.6 is 0 Å². The predicted molar refractivity (Wildman–Crippen MR) is 115 cm³/mol. The smallest absolute Gasteiger partial charge is 0.227 e. The van der Waals surface area contributed by atoms with Crippen LogP contribution in [0.3, 0.4) is 0 Å². The molecule has 1 aliphatic heterocycles. The van der Waals surface area contributed by atoms with Crippen LogP contribution in [0.15, 0.2) is 72.9 Å². The Bertz CT molecular complexity index is 990. The number of hydrogen-bond donors (Lipinski definition) is 3. The maximum absolute atomic E-state index is 10.3. The van der Waals surface area contributed by atoms with Crippen molar-refractivity contribution in [3.63, 3.8) is 0 Å². The molecule has 0 saturated carbocycles. The van der Waals surface area contributed by atoms with E-state index in [1.165, 1.54) is 0 Å². The van der Waals surface area contributed by atoms with E-state index >= 15 is 0 Å². The highest BCUT2D eigenvalue weighted by Crippen LogP contribution is 2.23. The van der Waals surface area contributed by atoms with Crippen molar-refractivity contribution in [2.24, 2.45) is 0 Å². The summed E-state index contributed by atoms with van der Waals surface area (Å²) in [7, 11) is 0. The number of aliphatic hydroxyl groups is 1. The molecule has 0 radical (unpaired) electrons. The Morgan fingerprint density at radius 3 is 2.86 bits per heavy atom. The fourth-order valence-electron chi connectivity index (χ4n) is 3.17. The first-order chi connectivity index (χ1) is 14.3. The van der Waals surface area contributed by atoms with Crippen LogP contribution in [-0.2, 0) is 11.3 Å². The monoisotopic (exact) mass is 388 g/mol. The average molecular weight is 388 g/mol. The highest BCUT2D eigenvalue weighted by atomic mass is 16.5. The third-order valence-corrected chi connectivity index (χ3v) is 4.59. The topological polar surface area (TPSA) is 79.3 Å². The third-order valence-electron chi connectivity index (χ3n) is 4.59. The van der Waals surface area contributed by atoms with Gasteiger partial charge in [-0.05, 0) is 48.7 Å². The van der Waals surface area contributed by atoms with E-state index in [0.29, 0.717) is 25.6 Å². The van der Waals surface area contributed by atoms with Gasteiger partial charge in [0.05, 0.1) is 18.9 Å². The molecule has 4 rings (SSSR count). The molecule has 29 heavy (non-hydrogen) atoms. The zero-order valence-electron chi connectivity index (χ0n) is 16.1. The summed E-state index contributed by atoms with van der Waals surface area (Å²) in [6, 6.07) is 17.8. The first-order valence-corrected chi connectivity index (χ1v) is 9.73. The highest BCUT2D eigenvalue weighted by molar-refractivity contribution is 5.66. The van der Waals surface area contributed by atoms with E-state index in [1.807, 2.05) is 66.7 Å². The molecule has 1 aromatic heterocycles. The molecular formula is C23H24N4O2. The van der Waals surface area contributed by atoms with Gasteiger partial charge in [-0.15, -0.1) is 0 Å². The number of hydrogen-bond acceptors (Lipinski definition) is 6. The molecule has 0 aliphatic carbocycles. The van der Waals surface area contributed by atoms with E-state index in [1.54, 1.807) is 6.20 Å². The van der Waals surface area contributed by atoms with Gasteiger partial charge in [0, 0.05) is 23.1 Å².